The average Bonchev–Trinajstić information content (AvgIpc) is 1.62. The number of hydrogen-bond donors (Lipinski definition) is 2. The molecule has 0 bridgehead atoms. The molecule has 0 saturated heterocycles. The SMILES string of the molecule is [2H]C([2H])([2H])[C@@]([2H])(N)[13C](=O)O. The molecule has 3 heteroatoms. The smallest absolute Gasteiger partial charge is 0.320 e. The molecule has 0 radical (unpaired) electrons. The van der Waals surface area contributed by atoms with Crippen molar-refractivity contribution in [3.05, 3.63) is 0 Å². The van der Waals surface area contributed by atoms with Gasteiger partial charge in [0.15, 0.2) is 0 Å². The molecule has 6 heavy (non-hydrogen) atoms. The van der Waals surface area contributed by atoms with Crippen molar-refractivity contribution >= 4 is 5.97 Å². The van der Waals surface area contributed by atoms with E-state index in [-0.39, 0.29) is 0 Å². The van der Waals surface area contributed by atoms with E-state index in [1.807, 2.05) is 0 Å². The minimum Gasteiger partial charge on any atom is -0.480 e. The second kappa shape index (κ2) is 1.77. The molecule has 3 nitrogen and oxygen atoms in total. The Balaban J connectivity index is 4.57. The van der Waals surface area contributed by atoms with Gasteiger partial charge < -0.3 is 10.8 Å². The predicted molar refractivity (Wildman–Crippen MR) is 21.3 cm³/mol. The van der Waals surface area contributed by atoms with Crippen LogP contribution in [0.5, 0.6) is 0 Å². The highest BCUT2D eigenvalue weighted by Crippen LogP contribution is 1.68. The minimum absolute atomic E-state index is 1.85. The lowest BCUT2D eigenvalue weighted by atomic mass is 10.6. The van der Waals surface area contributed by atoms with Gasteiger partial charge in [-0.2, -0.15) is 0 Å². The van der Waals surface area contributed by atoms with E-state index >= 15 is 0 Å². The zero-order valence-corrected chi connectivity index (χ0v) is 2.93. The Bertz CT molecular complexity index is 151. The molecule has 0 aromatic carbocycles. The largest absolute Gasteiger partial charge is 0.480 e. The molecule has 0 aromatic rings. The third-order valence-electron chi connectivity index (χ3n) is 0.230. The Hall–Kier alpha value is -0.570. The Morgan fingerprint density at radius 2 is 3.00 bits per heavy atom. The summed E-state index contributed by atoms with van der Waals surface area (Å²) in [4.78, 5) is 10.00. The van der Waals surface area contributed by atoms with Gasteiger partial charge in [-0.25, -0.2) is 0 Å². The highest BCUT2D eigenvalue weighted by Gasteiger charge is 1.99. The molecular weight excluding hydrogens is 83.0 g/mol. The maximum atomic E-state index is 10.00. The molecule has 0 aliphatic rings. The van der Waals surface area contributed by atoms with Crippen LogP contribution in [0, 0.1) is 0 Å². The van der Waals surface area contributed by atoms with E-state index in [9.17, 15) is 4.79 Å². The molecule has 0 aliphatic carbocycles. The van der Waals surface area contributed by atoms with E-state index in [0.717, 1.165) is 0 Å². The van der Waals surface area contributed by atoms with E-state index in [1.165, 1.54) is 0 Å². The molecule has 0 rings (SSSR count). The van der Waals surface area contributed by atoms with Crippen molar-refractivity contribution in [3.63, 3.8) is 0 Å². The third kappa shape index (κ3) is 1.72. The fraction of sp³-hybridized carbons (Fsp3) is 0.667. The van der Waals surface area contributed by atoms with E-state index in [1.54, 1.807) is 0 Å². The van der Waals surface area contributed by atoms with Gasteiger partial charge in [-0.1, -0.05) is 0 Å². The van der Waals surface area contributed by atoms with Gasteiger partial charge in [0.2, 0.25) is 0 Å². The van der Waals surface area contributed by atoms with Crippen molar-refractivity contribution in [2.75, 3.05) is 0 Å². The van der Waals surface area contributed by atoms with E-state index in [4.69, 9.17) is 10.6 Å². The van der Waals surface area contributed by atoms with Crippen LogP contribution in [-0.4, -0.2) is 17.1 Å². The monoisotopic (exact) mass is 94.1 g/mol. The summed E-state index contributed by atoms with van der Waals surface area (Å²) >= 11 is 0. The molecule has 0 saturated carbocycles. The van der Waals surface area contributed by atoms with Crippen LogP contribution in [0.2, 0.25) is 0 Å². The molecular formula is C3H7NO2. The molecule has 1 atom stereocenters. The van der Waals surface area contributed by atoms with Gasteiger partial charge in [0, 0.05) is 4.11 Å². The molecule has 0 unspecified atom stereocenters. The first kappa shape index (κ1) is 1.50. The summed E-state index contributed by atoms with van der Waals surface area (Å²) in [5, 5.41) is 8.10. The third-order valence-corrected chi connectivity index (χ3v) is 0.230. The van der Waals surface area contributed by atoms with Crippen molar-refractivity contribution in [3.8, 4) is 0 Å². The van der Waals surface area contributed by atoms with Crippen LogP contribution < -0.4 is 5.73 Å². The topological polar surface area (TPSA) is 63.3 Å². The summed E-state index contributed by atoms with van der Waals surface area (Å²) in [5.41, 5.74) is 4.64. The van der Waals surface area contributed by atoms with Crippen molar-refractivity contribution < 1.29 is 15.4 Å². The average molecular weight is 94.1 g/mol. The molecule has 0 aliphatic heterocycles. The van der Waals surface area contributed by atoms with Gasteiger partial charge in [-0.3, -0.25) is 4.79 Å². The first-order valence-corrected chi connectivity index (χ1v) is 1.22. The number of rotatable bonds is 1. The maximum Gasteiger partial charge on any atom is 0.320 e. The van der Waals surface area contributed by atoms with Gasteiger partial charge in [0.05, 0.1) is 1.37 Å². The molecule has 0 spiro atoms. The molecule has 0 aromatic heterocycles. The van der Waals surface area contributed by atoms with Crippen LogP contribution in [-0.2, 0) is 4.79 Å². The van der Waals surface area contributed by atoms with Gasteiger partial charge in [-0.05, 0) is 6.85 Å². The quantitative estimate of drug-likeness (QED) is 0.427. The van der Waals surface area contributed by atoms with Crippen LogP contribution in [0.25, 0.3) is 0 Å². The van der Waals surface area contributed by atoms with E-state index in [0.29, 0.717) is 0 Å². The maximum absolute atomic E-state index is 10.00. The molecule has 0 heterocycles. The zero-order chi connectivity index (χ0) is 8.58. The van der Waals surface area contributed by atoms with E-state index in [2.05, 4.69) is 5.73 Å². The highest BCUT2D eigenvalue weighted by molar-refractivity contribution is 5.72. The lowest BCUT2D eigenvalue weighted by Crippen LogP contribution is -2.25. The first-order valence-electron chi connectivity index (χ1n) is 3.22. The fourth-order valence-corrected chi connectivity index (χ4v) is 0. The lowest BCUT2D eigenvalue weighted by Gasteiger charge is -1.90. The summed E-state index contributed by atoms with van der Waals surface area (Å²) < 4.78 is 26.2. The molecule has 3 N–H and O–H groups in total. The number of carboxylic acids is 1. The summed E-state index contributed by atoms with van der Waals surface area (Å²) in [7, 11) is 0. The highest BCUT2D eigenvalue weighted by atomic mass is 16.5. The van der Waals surface area contributed by atoms with Crippen LogP contribution in [0.1, 0.15) is 12.3 Å². The molecule has 0 amide bonds. The summed E-state index contributed by atoms with van der Waals surface area (Å²) in [6, 6.07) is -2.90. The van der Waals surface area contributed by atoms with Crippen molar-refractivity contribution in [1.29, 1.82) is 0 Å². The standard InChI is InChI=1S/C3H7NO2/c1-2(4)3(5)6/h2H,4H2,1H3,(H,5,6)/t2-/m1/s1/i1D3,2D,3+1. The molecule has 0 fully saturated rings. The number of hydrogen-bond acceptors (Lipinski definition) is 2. The Morgan fingerprint density at radius 1 is 2.50 bits per heavy atom. The zero-order valence-electron chi connectivity index (χ0n) is 6.93. The summed E-state index contributed by atoms with van der Waals surface area (Å²) in [6.45, 7) is -2.99. The summed E-state index contributed by atoms with van der Waals surface area (Å²) in [6.07, 6.45) is 0. The van der Waals surface area contributed by atoms with Crippen LogP contribution >= 0.6 is 0 Å². The van der Waals surface area contributed by atoms with Gasteiger partial charge in [-0.15, -0.1) is 0 Å². The van der Waals surface area contributed by atoms with E-state index < -0.39 is 18.8 Å². The van der Waals surface area contributed by atoms with Crippen molar-refractivity contribution in [2.45, 2.75) is 12.9 Å². The first-order chi connectivity index (χ1) is 4.19. The Labute approximate surface area is 41.4 Å². The van der Waals surface area contributed by atoms with Gasteiger partial charge >= 0.3 is 5.97 Å². The van der Waals surface area contributed by atoms with Gasteiger partial charge in [0.25, 0.3) is 0 Å². The minimum atomic E-state index is -2.99. The summed E-state index contributed by atoms with van der Waals surface area (Å²) in [5.74, 6) is -1.85. The van der Waals surface area contributed by atoms with Crippen LogP contribution in [0.3, 0.4) is 0 Å². The normalized spacial score (nSPS) is 30.8. The van der Waals surface area contributed by atoms with Gasteiger partial charge in [0.1, 0.15) is 6.02 Å². The van der Waals surface area contributed by atoms with Crippen molar-refractivity contribution in [1.82, 2.24) is 0 Å². The fourth-order valence-electron chi connectivity index (χ4n) is 0. The lowest BCUT2D eigenvalue weighted by molar-refractivity contribution is -0.138. The number of aliphatic carboxylic acids is 1. The molecule has 36 valence electrons. The van der Waals surface area contributed by atoms with Crippen LogP contribution in [0.15, 0.2) is 0 Å². The second-order valence-electron chi connectivity index (χ2n) is 0.719. The predicted octanol–water partition coefficient (Wildman–Crippen LogP) is -0.582. The Morgan fingerprint density at radius 3 is 3.00 bits per heavy atom. The van der Waals surface area contributed by atoms with Crippen molar-refractivity contribution in [2.24, 2.45) is 5.73 Å². The second-order valence-corrected chi connectivity index (χ2v) is 0.719. The Kier molecular flexibility index (Phi) is 0.442. The number of carboxylic acid groups (broad SMARTS) is 1. The van der Waals surface area contributed by atoms with Crippen LogP contribution in [0.4, 0.5) is 0 Å². The number of nitrogens with two attached hydrogens (primary N) is 1. The number of carbonyl (C=O) groups is 1.